The van der Waals surface area contributed by atoms with Gasteiger partial charge in [0.15, 0.2) is 0 Å². The highest BCUT2D eigenvalue weighted by atomic mass is 14.7. The fourth-order valence-electron chi connectivity index (χ4n) is 4.69. The number of benzene rings is 3. The molecule has 2 heterocycles. The second-order valence-electron chi connectivity index (χ2n) is 8.33. The molecule has 0 saturated heterocycles. The number of hydrogen-bond acceptors (Lipinski definition) is 2. The maximum absolute atomic E-state index is 4.69. The molecule has 0 aliphatic carbocycles. The Balaban J connectivity index is 1.62. The molecule has 152 valence electrons. The van der Waals surface area contributed by atoms with E-state index in [4.69, 9.17) is 0 Å². The molecule has 0 aliphatic heterocycles. The van der Waals surface area contributed by atoms with Crippen molar-refractivity contribution in [2.24, 2.45) is 5.92 Å². The van der Waals surface area contributed by atoms with E-state index in [0.29, 0.717) is 11.8 Å². The van der Waals surface area contributed by atoms with Crippen molar-refractivity contribution in [2.75, 3.05) is 0 Å². The largest absolute Gasteiger partial charge is 0.261 e. The first kappa shape index (κ1) is 19.4. The number of nitrogens with zero attached hydrogens (tertiary/aromatic N) is 2. The minimum Gasteiger partial charge on any atom is -0.261 e. The van der Waals surface area contributed by atoms with E-state index in [1.807, 2.05) is 24.5 Å². The Morgan fingerprint density at radius 1 is 0.645 bits per heavy atom. The molecule has 2 nitrogen and oxygen atoms in total. The quantitative estimate of drug-likeness (QED) is 0.286. The third-order valence-corrected chi connectivity index (χ3v) is 6.41. The number of rotatable bonds is 6. The average Bonchev–Trinajstić information content (AvgIpc) is 2.84. The van der Waals surface area contributed by atoms with Crippen LogP contribution in [0, 0.1) is 5.92 Å². The van der Waals surface area contributed by atoms with Gasteiger partial charge in [0.2, 0.25) is 0 Å². The first-order valence-corrected chi connectivity index (χ1v) is 11.0. The van der Waals surface area contributed by atoms with Crippen LogP contribution in [0.25, 0.3) is 21.5 Å². The van der Waals surface area contributed by atoms with Gasteiger partial charge in [-0.25, -0.2) is 0 Å². The number of aromatic nitrogens is 2. The fraction of sp³-hybridized carbons (Fsp3) is 0.172. The van der Waals surface area contributed by atoms with E-state index in [-0.39, 0.29) is 0 Å². The SMILES string of the molecule is C[C@@H](c1ccccn1)C(Cc1ccccn1)Cc1c2ccccc2cc2ccccc12. The molecule has 2 aromatic heterocycles. The van der Waals surface area contributed by atoms with Crippen molar-refractivity contribution < 1.29 is 0 Å². The summed E-state index contributed by atoms with van der Waals surface area (Å²) in [5.41, 5.74) is 3.71. The van der Waals surface area contributed by atoms with Gasteiger partial charge in [0.25, 0.3) is 0 Å². The molecule has 2 atom stereocenters. The van der Waals surface area contributed by atoms with Crippen LogP contribution in [0.4, 0.5) is 0 Å². The molecular formula is C29H26N2. The van der Waals surface area contributed by atoms with Crippen LogP contribution in [-0.4, -0.2) is 9.97 Å². The molecule has 5 rings (SSSR count). The summed E-state index contributed by atoms with van der Waals surface area (Å²) in [4.78, 5) is 9.33. The van der Waals surface area contributed by atoms with Crippen molar-refractivity contribution in [3.8, 4) is 0 Å². The van der Waals surface area contributed by atoms with Gasteiger partial charge < -0.3 is 0 Å². The van der Waals surface area contributed by atoms with Crippen LogP contribution >= 0.6 is 0 Å². The predicted octanol–water partition coefficient (Wildman–Crippen LogP) is 6.99. The zero-order chi connectivity index (χ0) is 21.0. The van der Waals surface area contributed by atoms with Gasteiger partial charge in [-0.05, 0) is 76.2 Å². The molecule has 0 aliphatic rings. The summed E-state index contributed by atoms with van der Waals surface area (Å²) in [5, 5.41) is 5.30. The van der Waals surface area contributed by atoms with Crippen molar-refractivity contribution in [3.05, 3.63) is 120 Å². The molecule has 5 aromatic rings. The molecule has 2 heteroatoms. The van der Waals surface area contributed by atoms with E-state index in [0.717, 1.165) is 24.2 Å². The lowest BCUT2D eigenvalue weighted by molar-refractivity contribution is 0.431. The van der Waals surface area contributed by atoms with Gasteiger partial charge in [-0.1, -0.05) is 67.6 Å². The smallest absolute Gasteiger partial charge is 0.0434 e. The molecule has 0 fully saturated rings. The second kappa shape index (κ2) is 8.69. The Hall–Kier alpha value is -3.52. The van der Waals surface area contributed by atoms with Crippen molar-refractivity contribution in [1.29, 1.82) is 0 Å². The molecular weight excluding hydrogens is 376 g/mol. The normalized spacial score (nSPS) is 13.3. The first-order valence-electron chi connectivity index (χ1n) is 11.0. The van der Waals surface area contributed by atoms with Crippen molar-refractivity contribution in [3.63, 3.8) is 0 Å². The highest BCUT2D eigenvalue weighted by Crippen LogP contribution is 2.35. The van der Waals surface area contributed by atoms with Crippen LogP contribution in [0.15, 0.2) is 103 Å². The zero-order valence-corrected chi connectivity index (χ0v) is 17.8. The van der Waals surface area contributed by atoms with E-state index >= 15 is 0 Å². The van der Waals surface area contributed by atoms with Crippen LogP contribution in [0.5, 0.6) is 0 Å². The molecule has 0 N–H and O–H groups in total. The zero-order valence-electron chi connectivity index (χ0n) is 17.8. The number of hydrogen-bond donors (Lipinski definition) is 0. The van der Waals surface area contributed by atoms with Crippen LogP contribution < -0.4 is 0 Å². The number of pyridine rings is 2. The van der Waals surface area contributed by atoms with Gasteiger partial charge in [-0.15, -0.1) is 0 Å². The van der Waals surface area contributed by atoms with Crippen molar-refractivity contribution in [2.45, 2.75) is 25.7 Å². The Morgan fingerprint density at radius 2 is 1.26 bits per heavy atom. The van der Waals surface area contributed by atoms with Crippen LogP contribution in [0.2, 0.25) is 0 Å². The first-order chi connectivity index (χ1) is 15.3. The maximum Gasteiger partial charge on any atom is 0.0434 e. The van der Waals surface area contributed by atoms with E-state index in [2.05, 4.69) is 95.8 Å². The molecule has 0 saturated carbocycles. The summed E-state index contributed by atoms with van der Waals surface area (Å²) in [5.74, 6) is 0.708. The summed E-state index contributed by atoms with van der Waals surface area (Å²) >= 11 is 0. The highest BCUT2D eigenvalue weighted by Gasteiger charge is 2.23. The molecule has 31 heavy (non-hydrogen) atoms. The molecule has 0 radical (unpaired) electrons. The van der Waals surface area contributed by atoms with E-state index < -0.39 is 0 Å². The molecule has 0 amide bonds. The lowest BCUT2D eigenvalue weighted by atomic mass is 9.80. The molecule has 0 bridgehead atoms. The molecule has 1 unspecified atom stereocenters. The minimum atomic E-state index is 0.320. The Labute approximate surface area is 183 Å². The second-order valence-corrected chi connectivity index (χ2v) is 8.33. The van der Waals surface area contributed by atoms with Gasteiger partial charge in [-0.3, -0.25) is 9.97 Å². The summed E-state index contributed by atoms with van der Waals surface area (Å²) < 4.78 is 0. The number of fused-ring (bicyclic) bond motifs is 2. The molecule has 3 aromatic carbocycles. The van der Waals surface area contributed by atoms with Gasteiger partial charge in [0, 0.05) is 29.7 Å². The minimum absolute atomic E-state index is 0.320. The standard InChI is InChI=1S/C29H26N2/c1-21(29-15-7-9-17-31-29)24(19-25-12-6-8-16-30-25)20-28-26-13-4-2-10-22(26)18-23-11-3-5-14-27(23)28/h2-18,21,24H,19-20H2,1H3/t21-,24?/m1/s1. The molecule has 0 spiro atoms. The highest BCUT2D eigenvalue weighted by molar-refractivity contribution is 6.02. The monoisotopic (exact) mass is 402 g/mol. The topological polar surface area (TPSA) is 25.8 Å². The van der Waals surface area contributed by atoms with Crippen molar-refractivity contribution in [1.82, 2.24) is 9.97 Å². The third kappa shape index (κ3) is 4.06. The summed E-state index contributed by atoms with van der Waals surface area (Å²) in [7, 11) is 0. The van der Waals surface area contributed by atoms with Gasteiger partial charge in [0.1, 0.15) is 0 Å². The summed E-state index contributed by atoms with van der Waals surface area (Å²) in [6, 6.07) is 32.3. The lowest BCUT2D eigenvalue weighted by Gasteiger charge is -2.25. The van der Waals surface area contributed by atoms with Gasteiger partial charge >= 0.3 is 0 Å². The Morgan fingerprint density at radius 3 is 1.87 bits per heavy atom. The predicted molar refractivity (Wildman–Crippen MR) is 129 cm³/mol. The van der Waals surface area contributed by atoms with Crippen molar-refractivity contribution >= 4 is 21.5 Å². The third-order valence-electron chi connectivity index (χ3n) is 6.41. The fourth-order valence-corrected chi connectivity index (χ4v) is 4.69. The van der Waals surface area contributed by atoms with E-state index in [9.17, 15) is 0 Å². The van der Waals surface area contributed by atoms with E-state index in [1.54, 1.807) is 0 Å². The van der Waals surface area contributed by atoms with E-state index in [1.165, 1.54) is 27.1 Å². The Bertz CT molecular complexity index is 1240. The summed E-state index contributed by atoms with van der Waals surface area (Å²) in [6.45, 7) is 2.31. The van der Waals surface area contributed by atoms with Gasteiger partial charge in [0.05, 0.1) is 0 Å². The summed E-state index contributed by atoms with van der Waals surface area (Å²) in [6.07, 6.45) is 5.70. The average molecular weight is 403 g/mol. The van der Waals surface area contributed by atoms with Crippen LogP contribution in [-0.2, 0) is 12.8 Å². The maximum atomic E-state index is 4.69. The lowest BCUT2D eigenvalue weighted by Crippen LogP contribution is -2.18. The Kier molecular flexibility index (Phi) is 5.45. The van der Waals surface area contributed by atoms with Crippen LogP contribution in [0.1, 0.15) is 29.8 Å². The van der Waals surface area contributed by atoms with Gasteiger partial charge in [-0.2, -0.15) is 0 Å². The van der Waals surface area contributed by atoms with Crippen LogP contribution in [0.3, 0.4) is 0 Å².